The van der Waals surface area contributed by atoms with Crippen molar-refractivity contribution in [3.05, 3.63) is 0 Å². The standard InChI is InChI=1S/C14H19NO2/c1-13-9-5-7-14(6-3-2-4-10(13)14)8-15(13)12(17)11(9)16/h9-10H,2-8H2,1H3/t9-,10-,13+,14+/m1/s1. The van der Waals surface area contributed by atoms with Gasteiger partial charge < -0.3 is 4.90 Å². The maximum atomic E-state index is 12.1. The normalized spacial score (nSPS) is 51.9. The van der Waals surface area contributed by atoms with E-state index < -0.39 is 0 Å². The summed E-state index contributed by atoms with van der Waals surface area (Å²) in [5.74, 6) is 0.337. The second kappa shape index (κ2) is 2.76. The predicted octanol–water partition coefficient (Wildman–Crippen LogP) is 1.76. The molecule has 4 fully saturated rings. The molecule has 2 saturated carbocycles. The molecule has 3 nitrogen and oxygen atoms in total. The summed E-state index contributed by atoms with van der Waals surface area (Å²) < 4.78 is 0. The van der Waals surface area contributed by atoms with Gasteiger partial charge in [0.05, 0.1) is 11.5 Å². The van der Waals surface area contributed by atoms with Crippen LogP contribution in [0.4, 0.5) is 0 Å². The molecule has 2 aliphatic heterocycles. The zero-order valence-corrected chi connectivity index (χ0v) is 10.4. The molecule has 4 aliphatic rings. The molecule has 92 valence electrons. The van der Waals surface area contributed by atoms with Crippen LogP contribution in [-0.2, 0) is 9.59 Å². The lowest BCUT2D eigenvalue weighted by molar-refractivity contribution is -0.142. The van der Waals surface area contributed by atoms with Crippen LogP contribution in [0.15, 0.2) is 0 Å². The minimum Gasteiger partial charge on any atom is -0.329 e. The molecule has 2 heterocycles. The summed E-state index contributed by atoms with van der Waals surface area (Å²) in [4.78, 5) is 26.1. The second-order valence-electron chi connectivity index (χ2n) is 6.73. The van der Waals surface area contributed by atoms with Gasteiger partial charge in [0.25, 0.3) is 5.91 Å². The molecule has 0 aromatic heterocycles. The molecule has 3 heteroatoms. The molecule has 17 heavy (non-hydrogen) atoms. The summed E-state index contributed by atoms with van der Waals surface area (Å²) in [6, 6.07) is 0. The van der Waals surface area contributed by atoms with Gasteiger partial charge in [-0.1, -0.05) is 12.8 Å². The summed E-state index contributed by atoms with van der Waals surface area (Å²) in [6.07, 6.45) is 7.22. The highest BCUT2D eigenvalue weighted by molar-refractivity contribution is 6.39. The molecule has 4 rings (SSSR count). The number of Topliss-reactive ketones (excluding diaryl/α,β-unsaturated/α-hetero) is 1. The van der Waals surface area contributed by atoms with Gasteiger partial charge in [0.1, 0.15) is 0 Å². The third-order valence-corrected chi connectivity index (χ3v) is 6.33. The van der Waals surface area contributed by atoms with Crippen LogP contribution in [0.5, 0.6) is 0 Å². The van der Waals surface area contributed by atoms with E-state index in [-0.39, 0.29) is 23.1 Å². The van der Waals surface area contributed by atoms with Crippen LogP contribution in [0, 0.1) is 17.3 Å². The average molecular weight is 233 g/mol. The van der Waals surface area contributed by atoms with Crippen LogP contribution in [0.3, 0.4) is 0 Å². The van der Waals surface area contributed by atoms with E-state index in [1.165, 1.54) is 32.1 Å². The van der Waals surface area contributed by atoms with E-state index in [0.29, 0.717) is 11.3 Å². The first-order valence-electron chi connectivity index (χ1n) is 6.95. The van der Waals surface area contributed by atoms with E-state index in [9.17, 15) is 9.59 Å². The Morgan fingerprint density at radius 1 is 1.18 bits per heavy atom. The maximum absolute atomic E-state index is 12.1. The van der Waals surface area contributed by atoms with Crippen molar-refractivity contribution >= 4 is 11.7 Å². The molecular weight excluding hydrogens is 214 g/mol. The molecule has 0 unspecified atom stereocenters. The molecule has 0 aromatic rings. The quantitative estimate of drug-likeness (QED) is 0.598. The lowest BCUT2D eigenvalue weighted by atomic mass is 9.53. The lowest BCUT2D eigenvalue weighted by Crippen LogP contribution is -2.51. The molecule has 0 spiro atoms. The Hall–Kier alpha value is -0.860. The zero-order chi connectivity index (χ0) is 11.8. The van der Waals surface area contributed by atoms with E-state index in [4.69, 9.17) is 0 Å². The number of amides is 1. The number of ketones is 1. The highest BCUT2D eigenvalue weighted by Gasteiger charge is 2.71. The first kappa shape index (κ1) is 10.1. The molecule has 2 bridgehead atoms. The summed E-state index contributed by atoms with van der Waals surface area (Å²) >= 11 is 0. The molecule has 0 radical (unpaired) electrons. The van der Waals surface area contributed by atoms with Crippen molar-refractivity contribution in [3.63, 3.8) is 0 Å². The number of nitrogens with zero attached hydrogens (tertiary/aromatic N) is 1. The lowest BCUT2D eigenvalue weighted by Gasteiger charge is -2.49. The van der Waals surface area contributed by atoms with Gasteiger partial charge in [-0.05, 0) is 43.9 Å². The van der Waals surface area contributed by atoms with Gasteiger partial charge in [-0.2, -0.15) is 0 Å². The van der Waals surface area contributed by atoms with Gasteiger partial charge in [0, 0.05) is 6.54 Å². The summed E-state index contributed by atoms with van der Waals surface area (Å²) in [7, 11) is 0. The Morgan fingerprint density at radius 3 is 2.82 bits per heavy atom. The van der Waals surface area contributed by atoms with Crippen molar-refractivity contribution in [1.82, 2.24) is 4.90 Å². The van der Waals surface area contributed by atoms with Crippen molar-refractivity contribution in [2.75, 3.05) is 6.54 Å². The average Bonchev–Trinajstić information content (AvgIpc) is 2.63. The number of hydrogen-bond acceptors (Lipinski definition) is 2. The molecule has 0 N–H and O–H groups in total. The summed E-state index contributed by atoms with van der Waals surface area (Å²) in [5.41, 5.74) is 0.257. The Balaban J connectivity index is 1.89. The second-order valence-corrected chi connectivity index (χ2v) is 6.73. The first-order chi connectivity index (χ1) is 8.09. The molecule has 0 aromatic carbocycles. The Bertz CT molecular complexity index is 432. The molecule has 1 amide bonds. The van der Waals surface area contributed by atoms with Crippen molar-refractivity contribution < 1.29 is 9.59 Å². The number of rotatable bonds is 0. The fourth-order valence-electron chi connectivity index (χ4n) is 5.58. The van der Waals surface area contributed by atoms with Gasteiger partial charge in [0.15, 0.2) is 0 Å². The van der Waals surface area contributed by atoms with Crippen LogP contribution < -0.4 is 0 Å². The Labute approximate surface area is 102 Å². The SMILES string of the molecule is C[C@]12[C@@H]3CC[C@@]4(CCCC[C@@H]41)CN2C(=O)C3=O. The van der Waals surface area contributed by atoms with Gasteiger partial charge in [-0.15, -0.1) is 0 Å². The highest BCUT2D eigenvalue weighted by Crippen LogP contribution is 2.65. The van der Waals surface area contributed by atoms with Gasteiger partial charge >= 0.3 is 0 Å². The summed E-state index contributed by atoms with van der Waals surface area (Å²) in [6.45, 7) is 3.06. The minimum atomic E-state index is -0.175. The van der Waals surface area contributed by atoms with Crippen LogP contribution in [0.1, 0.15) is 45.4 Å². The minimum absolute atomic E-state index is 0.00808. The van der Waals surface area contributed by atoms with E-state index in [0.717, 1.165) is 13.0 Å². The number of hydrogen-bond donors (Lipinski definition) is 0. The largest absolute Gasteiger partial charge is 0.329 e. The van der Waals surface area contributed by atoms with E-state index in [1.54, 1.807) is 0 Å². The molecule has 2 saturated heterocycles. The fraction of sp³-hybridized carbons (Fsp3) is 0.857. The molecule has 2 aliphatic carbocycles. The van der Waals surface area contributed by atoms with Gasteiger partial charge in [0.2, 0.25) is 5.78 Å². The van der Waals surface area contributed by atoms with Gasteiger partial charge in [-0.3, -0.25) is 9.59 Å². The molecular formula is C14H19NO2. The van der Waals surface area contributed by atoms with Crippen molar-refractivity contribution in [2.45, 2.75) is 51.0 Å². The smallest absolute Gasteiger partial charge is 0.290 e. The Morgan fingerprint density at radius 2 is 2.00 bits per heavy atom. The van der Waals surface area contributed by atoms with Crippen LogP contribution in [0.25, 0.3) is 0 Å². The Kier molecular flexibility index (Phi) is 1.64. The van der Waals surface area contributed by atoms with Crippen molar-refractivity contribution in [3.8, 4) is 0 Å². The zero-order valence-electron chi connectivity index (χ0n) is 10.4. The maximum Gasteiger partial charge on any atom is 0.290 e. The topological polar surface area (TPSA) is 37.4 Å². The van der Waals surface area contributed by atoms with E-state index >= 15 is 0 Å². The highest BCUT2D eigenvalue weighted by atomic mass is 16.2. The number of carbonyl (C=O) groups excluding carboxylic acids is 2. The van der Waals surface area contributed by atoms with Gasteiger partial charge in [-0.25, -0.2) is 0 Å². The van der Waals surface area contributed by atoms with Crippen molar-refractivity contribution in [1.29, 1.82) is 0 Å². The first-order valence-corrected chi connectivity index (χ1v) is 6.95. The molecule has 4 atom stereocenters. The van der Waals surface area contributed by atoms with Crippen LogP contribution in [-0.4, -0.2) is 28.7 Å². The van der Waals surface area contributed by atoms with Crippen LogP contribution in [0.2, 0.25) is 0 Å². The monoisotopic (exact) mass is 233 g/mol. The summed E-state index contributed by atoms with van der Waals surface area (Å²) in [5, 5.41) is 0. The predicted molar refractivity (Wildman–Crippen MR) is 62.2 cm³/mol. The van der Waals surface area contributed by atoms with Crippen LogP contribution >= 0.6 is 0 Å². The number of carbonyl (C=O) groups is 2. The third kappa shape index (κ3) is 0.892. The fourth-order valence-corrected chi connectivity index (χ4v) is 5.58. The third-order valence-electron chi connectivity index (χ3n) is 6.33. The van der Waals surface area contributed by atoms with E-state index in [1.807, 2.05) is 4.90 Å². The van der Waals surface area contributed by atoms with E-state index in [2.05, 4.69) is 6.92 Å². The van der Waals surface area contributed by atoms with Crippen molar-refractivity contribution in [2.24, 2.45) is 17.3 Å².